The zero-order valence-electron chi connectivity index (χ0n) is 24.5. The van der Waals surface area contributed by atoms with Crippen LogP contribution >= 0.6 is 0 Å². The van der Waals surface area contributed by atoms with E-state index in [1.54, 1.807) is 29.1 Å². The highest BCUT2D eigenvalue weighted by Crippen LogP contribution is 2.32. The minimum atomic E-state index is -0.626. The number of ether oxygens (including phenoxy) is 1. The molecule has 9 nitrogen and oxygen atoms in total. The number of piperazine rings is 1. The molecule has 0 bridgehead atoms. The molecule has 2 saturated heterocycles. The van der Waals surface area contributed by atoms with Crippen LogP contribution in [0.1, 0.15) is 42.4 Å². The molecule has 0 saturated carbocycles. The lowest BCUT2D eigenvalue weighted by molar-refractivity contribution is -0.187. The number of hydrogen-bond acceptors (Lipinski definition) is 5. The van der Waals surface area contributed by atoms with E-state index in [-0.39, 0.29) is 36.9 Å². The Hall–Kier alpha value is -4.37. The smallest absolute Gasteiger partial charge is 0.334 e. The largest absolute Gasteiger partial charge is 0.497 e. The van der Waals surface area contributed by atoms with Gasteiger partial charge in [0.05, 0.1) is 20.2 Å². The van der Waals surface area contributed by atoms with Gasteiger partial charge in [-0.15, -0.1) is 0 Å². The molecule has 4 amide bonds. The number of hydrazine groups is 1. The predicted molar refractivity (Wildman–Crippen MR) is 160 cm³/mol. The molecule has 42 heavy (non-hydrogen) atoms. The van der Waals surface area contributed by atoms with Crippen LogP contribution in [-0.4, -0.2) is 83.7 Å². The Morgan fingerprint density at radius 1 is 0.952 bits per heavy atom. The van der Waals surface area contributed by atoms with E-state index >= 15 is 0 Å². The van der Waals surface area contributed by atoms with Gasteiger partial charge in [0.2, 0.25) is 11.8 Å². The van der Waals surface area contributed by atoms with Gasteiger partial charge in [0.15, 0.2) is 0 Å². The topological polar surface area (TPSA) is 85.4 Å². The molecule has 2 fully saturated rings. The lowest BCUT2D eigenvalue weighted by Crippen LogP contribution is -2.76. The summed E-state index contributed by atoms with van der Waals surface area (Å²) < 4.78 is 5.23. The Bertz CT molecular complexity index is 1330. The van der Waals surface area contributed by atoms with E-state index < -0.39 is 12.2 Å². The third-order valence-electron chi connectivity index (χ3n) is 8.12. The third kappa shape index (κ3) is 6.11. The van der Waals surface area contributed by atoms with Crippen LogP contribution in [0.4, 0.5) is 4.79 Å². The number of nitrogens with one attached hydrogen (secondary N) is 1. The van der Waals surface area contributed by atoms with Crippen LogP contribution in [0.3, 0.4) is 0 Å². The van der Waals surface area contributed by atoms with Gasteiger partial charge in [0.25, 0.3) is 0 Å². The van der Waals surface area contributed by atoms with Crippen molar-refractivity contribution < 1.29 is 19.1 Å². The number of rotatable bonds is 9. The molecular weight excluding hydrogens is 530 g/mol. The number of carbonyl (C=O) groups excluding carboxylic acids is 3. The maximum absolute atomic E-state index is 14.0. The lowest BCUT2D eigenvalue weighted by Gasteiger charge is -2.54. The fraction of sp³-hybridized carbons (Fsp3) is 0.364. The second-order valence-corrected chi connectivity index (χ2v) is 10.9. The lowest BCUT2D eigenvalue weighted by atomic mass is 9.90. The Morgan fingerprint density at radius 2 is 1.57 bits per heavy atom. The summed E-state index contributed by atoms with van der Waals surface area (Å²) in [6, 6.07) is 26.9. The highest BCUT2D eigenvalue weighted by Gasteiger charge is 2.50. The molecule has 220 valence electrons. The molecule has 0 aromatic heterocycles. The van der Waals surface area contributed by atoms with Gasteiger partial charge >= 0.3 is 6.03 Å². The molecule has 9 heteroatoms. The van der Waals surface area contributed by atoms with Crippen molar-refractivity contribution in [3.05, 3.63) is 102 Å². The molecule has 0 spiro atoms. The zero-order chi connectivity index (χ0) is 29.6. The van der Waals surface area contributed by atoms with E-state index in [1.807, 2.05) is 72.5 Å². The van der Waals surface area contributed by atoms with Crippen molar-refractivity contribution in [2.75, 3.05) is 33.8 Å². The standard InChI is InChI=1S/C33H39N5O4/c1-4-11-29-32(40)36(21-28(25-12-7-5-8-13-25)26-14-9-6-10-15-26)22-30-37(29)31(39)23-35(2)38(30)33(41)34-20-24-16-18-27(42-3)19-17-24/h5-10,12-19,28-30H,4,11,20-23H2,1-3H3,(H,34,41)/t29-,30-/m0/s1. The van der Waals surface area contributed by atoms with Crippen molar-refractivity contribution in [2.24, 2.45) is 0 Å². The summed E-state index contributed by atoms with van der Waals surface area (Å²) in [6.07, 6.45) is 0.652. The van der Waals surface area contributed by atoms with Crippen LogP contribution in [-0.2, 0) is 16.1 Å². The zero-order valence-corrected chi connectivity index (χ0v) is 24.5. The molecule has 0 aliphatic carbocycles. The van der Waals surface area contributed by atoms with Crippen molar-refractivity contribution in [2.45, 2.75) is 44.4 Å². The van der Waals surface area contributed by atoms with E-state index in [0.29, 0.717) is 19.5 Å². The highest BCUT2D eigenvalue weighted by molar-refractivity contribution is 5.91. The first kappa shape index (κ1) is 29.1. The maximum atomic E-state index is 14.0. The summed E-state index contributed by atoms with van der Waals surface area (Å²) in [7, 11) is 3.36. The van der Waals surface area contributed by atoms with Crippen molar-refractivity contribution >= 4 is 17.8 Å². The molecule has 5 rings (SSSR count). The molecule has 2 atom stereocenters. The summed E-state index contributed by atoms with van der Waals surface area (Å²) in [5, 5.41) is 6.28. The number of methoxy groups -OCH3 is 1. The van der Waals surface area contributed by atoms with Crippen molar-refractivity contribution in [3.63, 3.8) is 0 Å². The van der Waals surface area contributed by atoms with Gasteiger partial charge in [-0.2, -0.15) is 0 Å². The quantitative estimate of drug-likeness (QED) is 0.420. The van der Waals surface area contributed by atoms with Crippen LogP contribution in [0.2, 0.25) is 0 Å². The van der Waals surface area contributed by atoms with Gasteiger partial charge in [0, 0.05) is 26.1 Å². The first-order valence-corrected chi connectivity index (χ1v) is 14.5. The summed E-state index contributed by atoms with van der Waals surface area (Å²) >= 11 is 0. The molecule has 3 aromatic rings. The number of urea groups is 1. The average molecular weight is 570 g/mol. The molecule has 3 aromatic carbocycles. The number of hydrogen-bond donors (Lipinski definition) is 1. The monoisotopic (exact) mass is 569 g/mol. The van der Waals surface area contributed by atoms with Gasteiger partial charge < -0.3 is 19.9 Å². The Labute approximate surface area is 247 Å². The highest BCUT2D eigenvalue weighted by atomic mass is 16.5. The number of nitrogens with zero attached hydrogens (tertiary/aromatic N) is 4. The van der Waals surface area contributed by atoms with Gasteiger partial charge in [-0.05, 0) is 35.2 Å². The van der Waals surface area contributed by atoms with Crippen LogP contribution < -0.4 is 10.1 Å². The molecule has 2 aliphatic heterocycles. The molecule has 0 radical (unpaired) electrons. The van der Waals surface area contributed by atoms with Crippen molar-refractivity contribution in [3.8, 4) is 5.75 Å². The summed E-state index contributed by atoms with van der Waals surface area (Å²) in [5.74, 6) is 0.477. The van der Waals surface area contributed by atoms with Crippen LogP contribution in [0.15, 0.2) is 84.9 Å². The van der Waals surface area contributed by atoms with Crippen LogP contribution in [0, 0.1) is 0 Å². The van der Waals surface area contributed by atoms with E-state index in [1.165, 1.54) is 0 Å². The first-order chi connectivity index (χ1) is 20.4. The number of likely N-dealkylation sites (N-methyl/N-ethyl adjacent to an activating group) is 1. The molecule has 0 unspecified atom stereocenters. The summed E-state index contributed by atoms with van der Waals surface area (Å²) in [5.41, 5.74) is 3.14. The number of amides is 4. The Kier molecular flexibility index (Phi) is 9.07. The van der Waals surface area contributed by atoms with Gasteiger partial charge in [-0.3, -0.25) is 9.59 Å². The summed E-state index contributed by atoms with van der Waals surface area (Å²) in [6.45, 7) is 3.02. The number of benzene rings is 3. The maximum Gasteiger partial charge on any atom is 0.334 e. The van der Waals surface area contributed by atoms with Crippen molar-refractivity contribution in [1.82, 2.24) is 25.1 Å². The Balaban J connectivity index is 1.43. The number of fused-ring (bicyclic) bond motifs is 1. The van der Waals surface area contributed by atoms with E-state index in [2.05, 4.69) is 29.6 Å². The third-order valence-corrected chi connectivity index (χ3v) is 8.12. The molecule has 2 heterocycles. The first-order valence-electron chi connectivity index (χ1n) is 14.5. The molecular formula is C33H39N5O4. The predicted octanol–water partition coefficient (Wildman–Crippen LogP) is 4.06. The average Bonchev–Trinajstić information content (AvgIpc) is 3.01. The fourth-order valence-electron chi connectivity index (χ4n) is 6.02. The molecule has 2 aliphatic rings. The normalized spacial score (nSPS) is 19.2. The minimum Gasteiger partial charge on any atom is -0.497 e. The SMILES string of the molecule is CCC[C@H]1C(=O)N(CC(c2ccccc2)c2ccccc2)C[C@H]2N1C(=O)CN(C)N2C(=O)NCc1ccc(OC)cc1. The second-order valence-electron chi connectivity index (χ2n) is 10.9. The fourth-order valence-corrected chi connectivity index (χ4v) is 6.02. The van der Waals surface area contributed by atoms with Gasteiger partial charge in [-0.25, -0.2) is 14.8 Å². The molecule has 1 N–H and O–H groups in total. The van der Waals surface area contributed by atoms with Crippen LogP contribution in [0.25, 0.3) is 0 Å². The minimum absolute atomic E-state index is 0.0244. The second kappa shape index (κ2) is 13.1. The number of carbonyl (C=O) groups is 3. The Morgan fingerprint density at radius 3 is 2.14 bits per heavy atom. The van der Waals surface area contributed by atoms with Crippen LogP contribution in [0.5, 0.6) is 5.75 Å². The van der Waals surface area contributed by atoms with E-state index in [9.17, 15) is 14.4 Å². The van der Waals surface area contributed by atoms with Gasteiger partial charge in [-0.1, -0.05) is 86.1 Å². The van der Waals surface area contributed by atoms with E-state index in [4.69, 9.17) is 4.74 Å². The van der Waals surface area contributed by atoms with Crippen molar-refractivity contribution in [1.29, 1.82) is 0 Å². The summed E-state index contributed by atoms with van der Waals surface area (Å²) in [4.78, 5) is 44.6. The van der Waals surface area contributed by atoms with E-state index in [0.717, 1.165) is 28.9 Å². The van der Waals surface area contributed by atoms with Gasteiger partial charge in [0.1, 0.15) is 18.0 Å².